The summed E-state index contributed by atoms with van der Waals surface area (Å²) in [6, 6.07) is 1.49. The molecule has 1 rings (SSSR count). The summed E-state index contributed by atoms with van der Waals surface area (Å²) in [5.74, 6) is -0.284. The minimum absolute atomic E-state index is 0.284. The Hall–Kier alpha value is -1.00. The zero-order valence-corrected chi connectivity index (χ0v) is 7.68. The molecule has 1 heterocycles. The quantitative estimate of drug-likeness (QED) is 0.654. The predicted octanol–water partition coefficient (Wildman–Crippen LogP) is 0.530. The normalized spacial score (nSPS) is 10.3. The first-order valence-corrected chi connectivity index (χ1v) is 4.27. The third kappa shape index (κ3) is 3.96. The van der Waals surface area contributed by atoms with Crippen LogP contribution < -0.4 is 10.6 Å². The highest BCUT2D eigenvalue weighted by molar-refractivity contribution is 5.09. The maximum atomic E-state index is 12.6. The Morgan fingerprint density at radius 1 is 1.38 bits per heavy atom. The number of likely N-dealkylation sites (N-methyl/N-ethyl adjacent to an activating group) is 1. The van der Waals surface area contributed by atoms with Crippen LogP contribution in [0.3, 0.4) is 0 Å². The molecule has 0 unspecified atom stereocenters. The molecule has 0 saturated heterocycles. The summed E-state index contributed by atoms with van der Waals surface area (Å²) in [6.45, 7) is 2.43. The number of hydrogen-bond acceptors (Lipinski definition) is 3. The third-order valence-corrected chi connectivity index (χ3v) is 1.64. The number of halogens is 1. The zero-order valence-electron chi connectivity index (χ0n) is 7.68. The Labute approximate surface area is 77.4 Å². The van der Waals surface area contributed by atoms with Crippen LogP contribution in [-0.2, 0) is 6.54 Å². The van der Waals surface area contributed by atoms with E-state index in [-0.39, 0.29) is 5.82 Å². The Bertz CT molecular complexity index is 252. The van der Waals surface area contributed by atoms with Crippen LogP contribution >= 0.6 is 0 Å². The molecule has 0 aromatic carbocycles. The highest BCUT2D eigenvalue weighted by Crippen LogP contribution is 1.99. The molecule has 3 nitrogen and oxygen atoms in total. The monoisotopic (exact) mass is 183 g/mol. The van der Waals surface area contributed by atoms with Crippen molar-refractivity contribution in [1.29, 1.82) is 0 Å². The van der Waals surface area contributed by atoms with Crippen LogP contribution in [0.25, 0.3) is 0 Å². The lowest BCUT2D eigenvalue weighted by Gasteiger charge is -2.03. The molecule has 0 atom stereocenters. The minimum Gasteiger partial charge on any atom is -0.318 e. The van der Waals surface area contributed by atoms with Crippen LogP contribution in [-0.4, -0.2) is 25.1 Å². The molecule has 0 aliphatic carbocycles. The first-order chi connectivity index (χ1) is 6.33. The maximum Gasteiger partial charge on any atom is 0.141 e. The van der Waals surface area contributed by atoms with Crippen LogP contribution in [0.2, 0.25) is 0 Å². The average molecular weight is 183 g/mol. The molecule has 13 heavy (non-hydrogen) atoms. The first-order valence-electron chi connectivity index (χ1n) is 4.27. The van der Waals surface area contributed by atoms with E-state index >= 15 is 0 Å². The van der Waals surface area contributed by atoms with Crippen molar-refractivity contribution in [3.8, 4) is 0 Å². The van der Waals surface area contributed by atoms with Gasteiger partial charge in [0.2, 0.25) is 0 Å². The summed E-state index contributed by atoms with van der Waals surface area (Å²) in [4.78, 5) is 3.75. The number of rotatable bonds is 5. The van der Waals surface area contributed by atoms with Crippen LogP contribution in [0.4, 0.5) is 4.39 Å². The van der Waals surface area contributed by atoms with Crippen molar-refractivity contribution in [3.05, 3.63) is 29.8 Å². The summed E-state index contributed by atoms with van der Waals surface area (Å²) in [5, 5.41) is 6.17. The molecule has 72 valence electrons. The van der Waals surface area contributed by atoms with Crippen molar-refractivity contribution in [2.45, 2.75) is 6.54 Å². The SMILES string of the molecule is CNCCNCc1cncc(F)c1. The van der Waals surface area contributed by atoms with Gasteiger partial charge in [-0.15, -0.1) is 0 Å². The number of pyridine rings is 1. The summed E-state index contributed by atoms with van der Waals surface area (Å²) < 4.78 is 12.6. The molecule has 0 amide bonds. The van der Waals surface area contributed by atoms with E-state index < -0.39 is 0 Å². The van der Waals surface area contributed by atoms with Gasteiger partial charge < -0.3 is 10.6 Å². The molecule has 4 heteroatoms. The predicted molar refractivity (Wildman–Crippen MR) is 49.8 cm³/mol. The highest BCUT2D eigenvalue weighted by atomic mass is 19.1. The number of aromatic nitrogens is 1. The first kappa shape index (κ1) is 10.1. The third-order valence-electron chi connectivity index (χ3n) is 1.64. The van der Waals surface area contributed by atoms with Crippen molar-refractivity contribution in [2.24, 2.45) is 0 Å². The van der Waals surface area contributed by atoms with Gasteiger partial charge in [-0.25, -0.2) is 4.39 Å². The second-order valence-corrected chi connectivity index (χ2v) is 2.79. The molecule has 1 aromatic rings. The second-order valence-electron chi connectivity index (χ2n) is 2.79. The molecule has 2 N–H and O–H groups in total. The topological polar surface area (TPSA) is 37.0 Å². The van der Waals surface area contributed by atoms with Crippen LogP contribution in [0.1, 0.15) is 5.56 Å². The van der Waals surface area contributed by atoms with E-state index in [1.807, 2.05) is 7.05 Å². The van der Waals surface area contributed by atoms with E-state index in [1.54, 1.807) is 6.20 Å². The lowest BCUT2D eigenvalue weighted by molar-refractivity contribution is 0.609. The van der Waals surface area contributed by atoms with E-state index in [2.05, 4.69) is 15.6 Å². The van der Waals surface area contributed by atoms with Gasteiger partial charge in [0.25, 0.3) is 0 Å². The Balaban J connectivity index is 2.28. The van der Waals surface area contributed by atoms with Crippen molar-refractivity contribution in [1.82, 2.24) is 15.6 Å². The lowest BCUT2D eigenvalue weighted by Crippen LogP contribution is -2.24. The molecule has 0 saturated carbocycles. The van der Waals surface area contributed by atoms with Gasteiger partial charge in [0, 0.05) is 25.8 Å². The van der Waals surface area contributed by atoms with E-state index in [9.17, 15) is 4.39 Å². The maximum absolute atomic E-state index is 12.6. The van der Waals surface area contributed by atoms with Gasteiger partial charge in [0.05, 0.1) is 6.20 Å². The zero-order chi connectivity index (χ0) is 9.52. The fraction of sp³-hybridized carbons (Fsp3) is 0.444. The average Bonchev–Trinajstić information content (AvgIpc) is 2.13. The summed E-state index contributed by atoms with van der Waals surface area (Å²) in [6.07, 6.45) is 2.87. The summed E-state index contributed by atoms with van der Waals surface area (Å²) >= 11 is 0. The van der Waals surface area contributed by atoms with E-state index in [4.69, 9.17) is 0 Å². The molecule has 1 aromatic heterocycles. The van der Waals surface area contributed by atoms with Crippen LogP contribution in [0, 0.1) is 5.82 Å². The van der Waals surface area contributed by atoms with Crippen molar-refractivity contribution in [2.75, 3.05) is 20.1 Å². The molecule has 0 spiro atoms. The molecule has 0 bridgehead atoms. The molecule has 0 radical (unpaired) electrons. The lowest BCUT2D eigenvalue weighted by atomic mass is 10.3. The van der Waals surface area contributed by atoms with Gasteiger partial charge in [0.1, 0.15) is 5.82 Å². The van der Waals surface area contributed by atoms with Gasteiger partial charge in [-0.05, 0) is 18.7 Å². The Morgan fingerprint density at radius 2 is 2.23 bits per heavy atom. The summed E-state index contributed by atoms with van der Waals surface area (Å²) in [7, 11) is 1.89. The Morgan fingerprint density at radius 3 is 2.92 bits per heavy atom. The number of nitrogens with zero attached hydrogens (tertiary/aromatic N) is 1. The van der Waals surface area contributed by atoms with Crippen molar-refractivity contribution < 1.29 is 4.39 Å². The Kier molecular flexibility index (Phi) is 4.35. The fourth-order valence-corrected chi connectivity index (χ4v) is 0.999. The van der Waals surface area contributed by atoms with Crippen LogP contribution in [0.5, 0.6) is 0 Å². The van der Waals surface area contributed by atoms with Crippen molar-refractivity contribution >= 4 is 0 Å². The fourth-order valence-electron chi connectivity index (χ4n) is 0.999. The minimum atomic E-state index is -0.284. The van der Waals surface area contributed by atoms with Crippen molar-refractivity contribution in [3.63, 3.8) is 0 Å². The molecule has 0 aliphatic heterocycles. The standard InChI is InChI=1S/C9H14FN3/c1-11-2-3-12-5-8-4-9(10)7-13-6-8/h4,6-7,11-12H,2-3,5H2,1H3. The number of hydrogen-bond donors (Lipinski definition) is 2. The van der Waals surface area contributed by atoms with Gasteiger partial charge in [-0.1, -0.05) is 0 Å². The van der Waals surface area contributed by atoms with Gasteiger partial charge in [0.15, 0.2) is 0 Å². The largest absolute Gasteiger partial charge is 0.318 e. The molecule has 0 aliphatic rings. The van der Waals surface area contributed by atoms with Crippen LogP contribution in [0.15, 0.2) is 18.5 Å². The molecular weight excluding hydrogens is 169 g/mol. The second kappa shape index (κ2) is 5.61. The van der Waals surface area contributed by atoms with Gasteiger partial charge in [-0.2, -0.15) is 0 Å². The van der Waals surface area contributed by atoms with Gasteiger partial charge >= 0.3 is 0 Å². The van der Waals surface area contributed by atoms with Gasteiger partial charge in [-0.3, -0.25) is 4.98 Å². The van der Waals surface area contributed by atoms with E-state index in [1.165, 1.54) is 12.3 Å². The van der Waals surface area contributed by atoms with E-state index in [0.717, 1.165) is 18.7 Å². The summed E-state index contributed by atoms with van der Waals surface area (Å²) in [5.41, 5.74) is 0.871. The molecule has 0 fully saturated rings. The van der Waals surface area contributed by atoms with E-state index in [0.29, 0.717) is 6.54 Å². The molecular formula is C9H14FN3. The number of nitrogens with one attached hydrogen (secondary N) is 2. The highest BCUT2D eigenvalue weighted by Gasteiger charge is 1.94. The smallest absolute Gasteiger partial charge is 0.141 e.